The van der Waals surface area contributed by atoms with Crippen molar-refractivity contribution in [1.29, 1.82) is 0 Å². The molecular formula is C22H20O9. The van der Waals surface area contributed by atoms with Gasteiger partial charge in [0.15, 0.2) is 5.60 Å². The van der Waals surface area contributed by atoms with Crippen LogP contribution in [0.15, 0.2) is 39.7 Å². The van der Waals surface area contributed by atoms with E-state index in [4.69, 9.17) is 13.9 Å². The maximum absolute atomic E-state index is 13.3. The molecule has 0 bridgehead atoms. The molecule has 2 aliphatic heterocycles. The lowest BCUT2D eigenvalue weighted by molar-refractivity contribution is -0.110. The van der Waals surface area contributed by atoms with Crippen LogP contribution < -0.4 is 10.2 Å². The molecule has 9 nitrogen and oxygen atoms in total. The summed E-state index contributed by atoms with van der Waals surface area (Å²) in [6, 6.07) is 3.98. The fourth-order valence-electron chi connectivity index (χ4n) is 4.23. The van der Waals surface area contributed by atoms with Crippen LogP contribution in [0, 0.1) is 0 Å². The van der Waals surface area contributed by atoms with Crippen molar-refractivity contribution in [2.45, 2.75) is 43.9 Å². The summed E-state index contributed by atoms with van der Waals surface area (Å²) < 4.78 is 16.6. The molecule has 0 unspecified atom stereocenters. The first-order chi connectivity index (χ1) is 14.5. The van der Waals surface area contributed by atoms with Gasteiger partial charge in [-0.05, 0) is 32.1 Å². The van der Waals surface area contributed by atoms with Gasteiger partial charge >= 0.3 is 0 Å². The largest absolute Gasteiger partial charge is 0.507 e. The number of hydrogen-bond acceptors (Lipinski definition) is 9. The monoisotopic (exact) mass is 428 g/mol. The minimum Gasteiger partial charge on any atom is -0.507 e. The summed E-state index contributed by atoms with van der Waals surface area (Å²) in [6.45, 7) is 3.06. The molecule has 2 aromatic carbocycles. The highest BCUT2D eigenvalue weighted by Gasteiger charge is 2.53. The van der Waals surface area contributed by atoms with Gasteiger partial charge in [-0.25, -0.2) is 0 Å². The fraction of sp³-hybridized carbons (Fsp3) is 0.318. The Kier molecular flexibility index (Phi) is 3.89. The summed E-state index contributed by atoms with van der Waals surface area (Å²) >= 11 is 0. The molecule has 3 atom stereocenters. The summed E-state index contributed by atoms with van der Waals surface area (Å²) in [6.07, 6.45) is 0.183. The third-order valence-electron chi connectivity index (χ3n) is 5.63. The minimum atomic E-state index is -1.78. The minimum absolute atomic E-state index is 0.0388. The number of phenolic OH excluding ortho intramolecular Hbond substituents is 2. The summed E-state index contributed by atoms with van der Waals surface area (Å²) in [7, 11) is 0. The van der Waals surface area contributed by atoms with Gasteiger partial charge in [0.05, 0.1) is 23.5 Å². The Hall–Kier alpha value is -3.27. The number of aliphatic hydroxyl groups excluding tert-OH is 1. The van der Waals surface area contributed by atoms with Crippen LogP contribution in [0.1, 0.15) is 37.5 Å². The van der Waals surface area contributed by atoms with Gasteiger partial charge < -0.3 is 39.4 Å². The van der Waals surface area contributed by atoms with Crippen molar-refractivity contribution in [3.8, 4) is 17.2 Å². The molecule has 0 fully saturated rings. The highest BCUT2D eigenvalue weighted by atomic mass is 16.7. The number of benzene rings is 2. The zero-order valence-electron chi connectivity index (χ0n) is 16.6. The van der Waals surface area contributed by atoms with Crippen molar-refractivity contribution >= 4 is 21.9 Å². The van der Waals surface area contributed by atoms with Crippen LogP contribution in [0.5, 0.6) is 17.2 Å². The van der Waals surface area contributed by atoms with E-state index in [9.17, 15) is 30.3 Å². The van der Waals surface area contributed by atoms with E-state index in [-0.39, 0.29) is 45.2 Å². The first-order valence-electron chi connectivity index (χ1n) is 9.63. The molecule has 3 aromatic rings. The predicted octanol–water partition coefficient (Wildman–Crippen LogP) is 2.00. The highest BCUT2D eigenvalue weighted by Crippen LogP contribution is 2.52. The van der Waals surface area contributed by atoms with E-state index in [1.807, 2.05) is 0 Å². The second-order valence-corrected chi connectivity index (χ2v) is 8.53. The lowest BCUT2D eigenvalue weighted by Gasteiger charge is -2.22. The number of rotatable bonds is 3. The Balaban J connectivity index is 1.82. The van der Waals surface area contributed by atoms with E-state index in [1.165, 1.54) is 44.4 Å². The molecule has 9 heteroatoms. The number of aromatic hydroxyl groups is 2. The smallest absolute Gasteiger partial charge is 0.277 e. The lowest BCUT2D eigenvalue weighted by atomic mass is 9.92. The molecule has 0 radical (unpaired) electrons. The maximum atomic E-state index is 13.3. The molecule has 162 valence electrons. The van der Waals surface area contributed by atoms with Crippen molar-refractivity contribution in [2.24, 2.45) is 0 Å². The Morgan fingerprint density at radius 2 is 1.97 bits per heavy atom. The average molecular weight is 428 g/mol. The number of phenols is 2. The van der Waals surface area contributed by atoms with Gasteiger partial charge in [-0.3, -0.25) is 4.79 Å². The summed E-state index contributed by atoms with van der Waals surface area (Å²) in [4.78, 5) is 13.3. The quantitative estimate of drug-likeness (QED) is 0.395. The van der Waals surface area contributed by atoms with Gasteiger partial charge in [0.25, 0.3) is 6.29 Å². The second kappa shape index (κ2) is 6.13. The van der Waals surface area contributed by atoms with Crippen LogP contribution in [0.4, 0.5) is 0 Å². The zero-order valence-corrected chi connectivity index (χ0v) is 16.6. The van der Waals surface area contributed by atoms with Crippen molar-refractivity contribution in [3.05, 3.63) is 51.9 Å². The SMILES string of the molecule is CC(C)(O)C[C@H](O)c1ccc(O)c2c(=O)c3c(O)c4c(cc3oc12)O[C@@H]1OC=C[C@@]41O. The first kappa shape index (κ1) is 19.7. The van der Waals surface area contributed by atoms with E-state index in [0.29, 0.717) is 0 Å². The molecule has 0 aliphatic carbocycles. The Morgan fingerprint density at radius 3 is 2.68 bits per heavy atom. The van der Waals surface area contributed by atoms with Gasteiger partial charge in [0, 0.05) is 18.1 Å². The molecule has 0 saturated carbocycles. The van der Waals surface area contributed by atoms with Crippen LogP contribution in [0.2, 0.25) is 0 Å². The number of hydrogen-bond donors (Lipinski definition) is 5. The van der Waals surface area contributed by atoms with Crippen molar-refractivity contribution in [2.75, 3.05) is 0 Å². The topological polar surface area (TPSA) is 150 Å². The summed E-state index contributed by atoms with van der Waals surface area (Å²) in [5.41, 5.74) is -3.72. The molecule has 5 rings (SSSR count). The van der Waals surface area contributed by atoms with E-state index < -0.39 is 40.5 Å². The average Bonchev–Trinajstić information content (AvgIpc) is 3.13. The van der Waals surface area contributed by atoms with E-state index in [0.717, 1.165) is 0 Å². The van der Waals surface area contributed by atoms with Crippen LogP contribution in [-0.4, -0.2) is 37.4 Å². The molecule has 0 amide bonds. The number of fused-ring (bicyclic) bond motifs is 5. The summed E-state index contributed by atoms with van der Waals surface area (Å²) in [5.74, 6) is -0.880. The number of ether oxygens (including phenoxy) is 2. The standard InChI is InChI=1S/C22H20O9/c1-21(2,27)8-11(24)9-3-4-10(23)14-17(25)15-12(30-19(9)14)7-13-16(18(15)26)22(28)5-6-29-20(22)31-13/h3-7,11,20,23-24,26-28H,8H2,1-2H3/t11-,20-,22+/m0/s1. The van der Waals surface area contributed by atoms with Crippen molar-refractivity contribution in [1.82, 2.24) is 0 Å². The predicted molar refractivity (Wildman–Crippen MR) is 108 cm³/mol. The van der Waals surface area contributed by atoms with Crippen molar-refractivity contribution < 1.29 is 39.4 Å². The third kappa shape index (κ3) is 2.71. The molecular weight excluding hydrogens is 408 g/mol. The molecule has 2 aliphatic rings. The van der Waals surface area contributed by atoms with E-state index in [2.05, 4.69) is 0 Å². The fourth-order valence-corrected chi connectivity index (χ4v) is 4.23. The van der Waals surface area contributed by atoms with Crippen LogP contribution in [-0.2, 0) is 10.3 Å². The maximum Gasteiger partial charge on any atom is 0.277 e. The molecule has 0 saturated heterocycles. The van der Waals surface area contributed by atoms with Gasteiger partial charge in [0.1, 0.15) is 39.2 Å². The van der Waals surface area contributed by atoms with E-state index in [1.54, 1.807) is 0 Å². The molecule has 5 N–H and O–H groups in total. The molecule has 31 heavy (non-hydrogen) atoms. The van der Waals surface area contributed by atoms with Gasteiger partial charge in [-0.2, -0.15) is 0 Å². The molecule has 1 aromatic heterocycles. The first-order valence-corrected chi connectivity index (χ1v) is 9.63. The molecule has 0 spiro atoms. The second-order valence-electron chi connectivity index (χ2n) is 8.53. The highest BCUT2D eigenvalue weighted by molar-refractivity contribution is 5.98. The van der Waals surface area contributed by atoms with E-state index >= 15 is 0 Å². The van der Waals surface area contributed by atoms with Gasteiger partial charge in [-0.15, -0.1) is 0 Å². The third-order valence-corrected chi connectivity index (χ3v) is 5.63. The number of aliphatic hydroxyl groups is 3. The summed E-state index contributed by atoms with van der Waals surface area (Å²) in [5, 5.41) is 52.3. The molecule has 3 heterocycles. The van der Waals surface area contributed by atoms with Crippen LogP contribution in [0.3, 0.4) is 0 Å². The van der Waals surface area contributed by atoms with Crippen LogP contribution in [0.25, 0.3) is 21.9 Å². The Morgan fingerprint density at radius 1 is 1.23 bits per heavy atom. The zero-order chi connectivity index (χ0) is 22.3. The Bertz CT molecular complexity index is 1330. The normalized spacial score (nSPS) is 22.9. The van der Waals surface area contributed by atoms with Gasteiger partial charge in [-0.1, -0.05) is 0 Å². The van der Waals surface area contributed by atoms with Crippen molar-refractivity contribution in [3.63, 3.8) is 0 Å². The van der Waals surface area contributed by atoms with Gasteiger partial charge in [0.2, 0.25) is 5.43 Å². The lowest BCUT2D eigenvalue weighted by Crippen LogP contribution is -2.33. The van der Waals surface area contributed by atoms with Crippen LogP contribution >= 0.6 is 0 Å². The Labute approximate surface area is 175 Å².